The first-order chi connectivity index (χ1) is 24.2. The number of aromatic nitrogens is 1. The molecule has 0 unspecified atom stereocenters. The summed E-state index contributed by atoms with van der Waals surface area (Å²) < 4.78 is 8.61. The molecule has 230 valence electrons. The summed E-state index contributed by atoms with van der Waals surface area (Å²) in [7, 11) is 0. The molecule has 9 aromatic rings. The zero-order chi connectivity index (χ0) is 32.5. The van der Waals surface area contributed by atoms with E-state index in [-0.39, 0.29) is 0 Å². The van der Waals surface area contributed by atoms with E-state index in [9.17, 15) is 0 Å². The average Bonchev–Trinajstić information content (AvgIpc) is 3.65. The average molecular weight is 628 g/mol. The molecular weight excluding hydrogens is 599 g/mol. The van der Waals surface area contributed by atoms with Crippen molar-refractivity contribution in [2.24, 2.45) is 0 Å². The van der Waals surface area contributed by atoms with Crippen LogP contribution in [0.5, 0.6) is 0 Å². The number of furan rings is 1. The van der Waals surface area contributed by atoms with Crippen molar-refractivity contribution in [3.8, 4) is 27.9 Å². The lowest BCUT2D eigenvalue weighted by atomic mass is 9.91. The van der Waals surface area contributed by atoms with E-state index in [0.717, 1.165) is 62.5 Å². The van der Waals surface area contributed by atoms with Gasteiger partial charge in [-0.15, -0.1) is 0 Å². The third-order valence-electron chi connectivity index (χ3n) is 10.1. The molecule has 0 fully saturated rings. The Hall–Kier alpha value is -6.57. The third kappa shape index (κ3) is 4.30. The molecule has 0 bridgehead atoms. The molecule has 0 amide bonds. The monoisotopic (exact) mass is 627 g/mol. The van der Waals surface area contributed by atoms with E-state index in [0.29, 0.717) is 5.69 Å². The molecule has 0 N–H and O–H groups in total. The van der Waals surface area contributed by atoms with Gasteiger partial charge in [0.05, 0.1) is 17.6 Å². The minimum atomic E-state index is 0.655. The Bertz CT molecular complexity index is 2800. The number of fused-ring (bicyclic) bond motifs is 9. The summed E-state index contributed by atoms with van der Waals surface area (Å²) in [6, 6.07) is 53.8. The Kier molecular flexibility index (Phi) is 6.03. The van der Waals surface area contributed by atoms with E-state index in [2.05, 4.69) is 142 Å². The SMILES string of the molecule is [C-]#[N+]c1ccc2c(c1)c1ccccc1n2-c1ccc2c(c1)-c1ccc(-c3cccc4oc5ccccc5c34)cc1CN(c1ccccc1)C2. The minimum Gasteiger partial charge on any atom is -0.456 e. The van der Waals surface area contributed by atoms with E-state index >= 15 is 0 Å². The Morgan fingerprint density at radius 1 is 0.510 bits per heavy atom. The van der Waals surface area contributed by atoms with Crippen LogP contribution < -0.4 is 4.90 Å². The van der Waals surface area contributed by atoms with Gasteiger partial charge in [0.15, 0.2) is 5.69 Å². The second-order valence-corrected chi connectivity index (χ2v) is 12.8. The molecule has 0 saturated carbocycles. The van der Waals surface area contributed by atoms with E-state index in [4.69, 9.17) is 11.0 Å². The van der Waals surface area contributed by atoms with Crippen molar-refractivity contribution in [2.75, 3.05) is 4.90 Å². The van der Waals surface area contributed by atoms with Crippen LogP contribution in [0.4, 0.5) is 11.4 Å². The van der Waals surface area contributed by atoms with Crippen molar-refractivity contribution < 1.29 is 4.42 Å². The second-order valence-electron chi connectivity index (χ2n) is 12.8. The number of rotatable bonds is 3. The number of hydrogen-bond donors (Lipinski definition) is 0. The molecule has 3 heterocycles. The fraction of sp³-hybridized carbons (Fsp3) is 0.0444. The van der Waals surface area contributed by atoms with Crippen molar-refractivity contribution in [2.45, 2.75) is 13.1 Å². The van der Waals surface area contributed by atoms with Crippen LogP contribution >= 0.6 is 0 Å². The molecule has 0 atom stereocenters. The van der Waals surface area contributed by atoms with Gasteiger partial charge in [0, 0.05) is 40.6 Å². The lowest BCUT2D eigenvalue weighted by molar-refractivity contribution is 0.669. The van der Waals surface area contributed by atoms with E-state index < -0.39 is 0 Å². The van der Waals surface area contributed by atoms with E-state index in [1.807, 2.05) is 24.3 Å². The maximum Gasteiger partial charge on any atom is 0.188 e. The molecule has 2 aromatic heterocycles. The fourth-order valence-electron chi connectivity index (χ4n) is 7.86. The molecule has 1 aliphatic rings. The van der Waals surface area contributed by atoms with Gasteiger partial charge in [0.1, 0.15) is 11.2 Å². The number of hydrogen-bond acceptors (Lipinski definition) is 2. The second kappa shape index (κ2) is 10.7. The molecule has 0 radical (unpaired) electrons. The normalized spacial score (nSPS) is 12.7. The van der Waals surface area contributed by atoms with Crippen LogP contribution in [0.1, 0.15) is 11.1 Å². The largest absolute Gasteiger partial charge is 0.456 e. The molecule has 0 aliphatic carbocycles. The van der Waals surface area contributed by atoms with Gasteiger partial charge in [-0.1, -0.05) is 91.0 Å². The molecule has 1 aliphatic heterocycles. The Morgan fingerprint density at radius 2 is 1.29 bits per heavy atom. The topological polar surface area (TPSA) is 25.7 Å². The highest BCUT2D eigenvalue weighted by molar-refractivity contribution is 6.13. The van der Waals surface area contributed by atoms with E-state index in [1.54, 1.807) is 0 Å². The van der Waals surface area contributed by atoms with Gasteiger partial charge < -0.3 is 13.9 Å². The zero-order valence-corrected chi connectivity index (χ0v) is 26.6. The summed E-state index contributed by atoms with van der Waals surface area (Å²) in [6.45, 7) is 9.20. The smallest absolute Gasteiger partial charge is 0.188 e. The molecule has 4 heteroatoms. The fourth-order valence-corrected chi connectivity index (χ4v) is 7.86. The van der Waals surface area contributed by atoms with Gasteiger partial charge in [-0.05, 0) is 99.4 Å². The molecule has 0 spiro atoms. The van der Waals surface area contributed by atoms with Gasteiger partial charge >= 0.3 is 0 Å². The van der Waals surface area contributed by atoms with Crippen molar-refractivity contribution in [3.63, 3.8) is 0 Å². The third-order valence-corrected chi connectivity index (χ3v) is 10.1. The van der Waals surface area contributed by atoms with Crippen LogP contribution in [-0.4, -0.2) is 4.57 Å². The number of nitrogens with zero attached hydrogens (tertiary/aromatic N) is 3. The highest BCUT2D eigenvalue weighted by Crippen LogP contribution is 2.42. The van der Waals surface area contributed by atoms with Gasteiger partial charge in [-0.25, -0.2) is 4.85 Å². The molecule has 4 nitrogen and oxygen atoms in total. The Labute approximate surface area is 283 Å². The standard InChI is InChI=1S/C45H29N3O/c1-46-32-20-23-42-40(25-32)37-12-5-7-15-41(37)48(42)34-21-18-30-27-47(33-10-3-2-4-11-33)28-31-24-29(19-22-35(31)39(30)26-34)36-14-9-17-44-45(36)38-13-6-8-16-43(38)49-44/h2-26H,27-28H2. The molecular formula is C45H29N3O. The predicted molar refractivity (Wildman–Crippen MR) is 202 cm³/mol. The van der Waals surface area contributed by atoms with Gasteiger partial charge in [-0.3, -0.25) is 0 Å². The zero-order valence-electron chi connectivity index (χ0n) is 26.6. The summed E-state index contributed by atoms with van der Waals surface area (Å²) in [6.07, 6.45) is 0. The maximum atomic E-state index is 7.62. The highest BCUT2D eigenvalue weighted by atomic mass is 16.3. The van der Waals surface area contributed by atoms with Crippen molar-refractivity contribution >= 4 is 55.1 Å². The van der Waals surface area contributed by atoms with Gasteiger partial charge in [-0.2, -0.15) is 0 Å². The summed E-state index contributed by atoms with van der Waals surface area (Å²) in [5.41, 5.74) is 14.4. The summed E-state index contributed by atoms with van der Waals surface area (Å²) >= 11 is 0. The van der Waals surface area contributed by atoms with Crippen LogP contribution in [0, 0.1) is 6.57 Å². The first-order valence-corrected chi connectivity index (χ1v) is 16.6. The predicted octanol–water partition coefficient (Wildman–Crippen LogP) is 12.1. The number of benzene rings is 7. The van der Waals surface area contributed by atoms with Crippen molar-refractivity contribution in [3.05, 3.63) is 174 Å². The van der Waals surface area contributed by atoms with Crippen LogP contribution in [0.25, 0.3) is 76.5 Å². The first-order valence-electron chi connectivity index (χ1n) is 16.6. The number of para-hydroxylation sites is 3. The quantitative estimate of drug-likeness (QED) is 0.182. The summed E-state index contributed by atoms with van der Waals surface area (Å²) in [5, 5.41) is 4.54. The Morgan fingerprint density at radius 3 is 2.18 bits per heavy atom. The molecule has 49 heavy (non-hydrogen) atoms. The van der Waals surface area contributed by atoms with Gasteiger partial charge in [0.25, 0.3) is 0 Å². The number of anilines is 1. The van der Waals surface area contributed by atoms with E-state index in [1.165, 1.54) is 39.1 Å². The first kappa shape index (κ1) is 27.5. The summed E-state index contributed by atoms with van der Waals surface area (Å²) in [5.74, 6) is 0. The van der Waals surface area contributed by atoms with Gasteiger partial charge in [0.2, 0.25) is 0 Å². The highest BCUT2D eigenvalue weighted by Gasteiger charge is 2.23. The van der Waals surface area contributed by atoms with Crippen LogP contribution in [0.15, 0.2) is 156 Å². The molecule has 0 saturated heterocycles. The van der Waals surface area contributed by atoms with Crippen LogP contribution in [-0.2, 0) is 13.1 Å². The lowest BCUT2D eigenvalue weighted by Crippen LogP contribution is -2.20. The van der Waals surface area contributed by atoms with Crippen molar-refractivity contribution in [1.82, 2.24) is 4.57 Å². The molecule has 7 aromatic carbocycles. The van der Waals surface area contributed by atoms with Crippen molar-refractivity contribution in [1.29, 1.82) is 0 Å². The maximum absolute atomic E-state index is 7.62. The Balaban J connectivity index is 1.19. The molecule has 10 rings (SSSR count). The van der Waals surface area contributed by atoms with Crippen LogP contribution in [0.2, 0.25) is 0 Å². The minimum absolute atomic E-state index is 0.655. The summed E-state index contributed by atoms with van der Waals surface area (Å²) in [4.78, 5) is 6.20. The lowest BCUT2D eigenvalue weighted by Gasteiger charge is -2.24. The van der Waals surface area contributed by atoms with Crippen LogP contribution in [0.3, 0.4) is 0 Å².